The molecule has 0 aliphatic carbocycles. The van der Waals surface area contributed by atoms with Gasteiger partial charge in [-0.05, 0) is 6.42 Å². The van der Waals surface area contributed by atoms with Gasteiger partial charge in [-0.3, -0.25) is 0 Å². The number of hydrogen-bond donors (Lipinski definition) is 0. The van der Waals surface area contributed by atoms with Gasteiger partial charge in [0.1, 0.15) is 0 Å². The summed E-state index contributed by atoms with van der Waals surface area (Å²) in [5, 5.41) is 0. The summed E-state index contributed by atoms with van der Waals surface area (Å²) in [6.45, 7) is 9.12. The molecule has 0 saturated heterocycles. The Hall–Kier alpha value is 0.0700. The summed E-state index contributed by atoms with van der Waals surface area (Å²) in [6, 6.07) is 0. The van der Waals surface area contributed by atoms with E-state index in [-0.39, 0.29) is 24.8 Å². The van der Waals surface area contributed by atoms with E-state index in [4.69, 9.17) is 6.57 Å². The van der Waals surface area contributed by atoms with Crippen LogP contribution in [0.25, 0.3) is 4.85 Å². The quantitative estimate of drug-likeness (QED) is 0.280. The molecule has 3 heteroatoms. The highest BCUT2D eigenvalue weighted by molar-refractivity contribution is 4.55. The first-order valence-electron chi connectivity index (χ1n) is 2.25. The second-order valence-electron chi connectivity index (χ2n) is 1.24. The summed E-state index contributed by atoms with van der Waals surface area (Å²) >= 11 is 0. The minimum absolute atomic E-state index is 0. The number of unbranched alkanes of at least 4 members (excludes halogenated alkanes) is 1. The van der Waals surface area contributed by atoms with Crippen molar-refractivity contribution in [2.45, 2.75) is 19.8 Å². The Kier molecular flexibility index (Phi) is 30.8. The van der Waals surface area contributed by atoms with Crippen LogP contribution in [0.5, 0.6) is 0 Å². The minimum Gasteiger partial charge on any atom is -1.00 e. The molecule has 0 aliphatic rings. The van der Waals surface area contributed by atoms with Crippen molar-refractivity contribution < 1.29 is 24.8 Å². The zero-order chi connectivity index (χ0) is 4.83. The molecule has 0 radical (unpaired) electrons. The van der Waals surface area contributed by atoms with Crippen LogP contribution in [0.4, 0.5) is 0 Å². The standard InChI is InChI=1S/C5H9N.2ClH/c1-3-4-5-6-2;;/h3-5H2,1H3;2*1H/p-2. The van der Waals surface area contributed by atoms with E-state index in [0.29, 0.717) is 6.54 Å². The van der Waals surface area contributed by atoms with E-state index in [0.717, 1.165) is 12.8 Å². The summed E-state index contributed by atoms with van der Waals surface area (Å²) in [4.78, 5) is 3.18. The smallest absolute Gasteiger partial charge is 0.214 e. The molecule has 0 aromatic carbocycles. The molecule has 0 rings (SSSR count). The van der Waals surface area contributed by atoms with Gasteiger partial charge in [0.05, 0.1) is 0 Å². The van der Waals surface area contributed by atoms with E-state index in [1.54, 1.807) is 0 Å². The maximum atomic E-state index is 6.33. The summed E-state index contributed by atoms with van der Waals surface area (Å²) in [6.07, 6.45) is 2.20. The Morgan fingerprint density at radius 1 is 1.38 bits per heavy atom. The van der Waals surface area contributed by atoms with Crippen molar-refractivity contribution in [3.05, 3.63) is 11.4 Å². The van der Waals surface area contributed by atoms with Gasteiger partial charge >= 0.3 is 0 Å². The van der Waals surface area contributed by atoms with Crippen molar-refractivity contribution in [3.63, 3.8) is 0 Å². The summed E-state index contributed by atoms with van der Waals surface area (Å²) < 4.78 is 0. The highest BCUT2D eigenvalue weighted by atomic mass is 35.5. The number of rotatable bonds is 2. The zero-order valence-electron chi connectivity index (χ0n) is 4.82. The Morgan fingerprint density at radius 3 is 2.00 bits per heavy atom. The van der Waals surface area contributed by atoms with Crippen LogP contribution in [0.3, 0.4) is 0 Å². The lowest BCUT2D eigenvalue weighted by molar-refractivity contribution is -0.00100. The Morgan fingerprint density at radius 2 is 1.88 bits per heavy atom. The van der Waals surface area contributed by atoms with Crippen LogP contribution in [0.2, 0.25) is 0 Å². The van der Waals surface area contributed by atoms with Gasteiger partial charge in [0.25, 0.3) is 0 Å². The van der Waals surface area contributed by atoms with E-state index in [1.807, 2.05) is 0 Å². The molecule has 0 aromatic rings. The first kappa shape index (κ1) is 15.7. The molecule has 0 saturated carbocycles. The zero-order valence-corrected chi connectivity index (χ0v) is 6.34. The van der Waals surface area contributed by atoms with Crippen molar-refractivity contribution in [2.75, 3.05) is 6.54 Å². The molecule has 0 aromatic heterocycles. The molecule has 1 nitrogen and oxygen atoms in total. The highest BCUT2D eigenvalue weighted by Crippen LogP contribution is 1.83. The molecule has 0 bridgehead atoms. The fourth-order valence-electron chi connectivity index (χ4n) is 0.237. The van der Waals surface area contributed by atoms with Crippen molar-refractivity contribution in [1.82, 2.24) is 0 Å². The van der Waals surface area contributed by atoms with Crippen molar-refractivity contribution in [2.24, 2.45) is 0 Å². The number of halogens is 2. The summed E-state index contributed by atoms with van der Waals surface area (Å²) in [5.41, 5.74) is 0. The van der Waals surface area contributed by atoms with Crippen LogP contribution in [-0.2, 0) is 0 Å². The maximum absolute atomic E-state index is 6.33. The predicted molar refractivity (Wildman–Crippen MR) is 26.4 cm³/mol. The van der Waals surface area contributed by atoms with Crippen molar-refractivity contribution in [1.29, 1.82) is 0 Å². The van der Waals surface area contributed by atoms with E-state index in [2.05, 4.69) is 11.8 Å². The molecule has 0 unspecified atom stereocenters. The van der Waals surface area contributed by atoms with E-state index in [1.165, 1.54) is 0 Å². The Balaban J connectivity index is -0.000000125. The second-order valence-corrected chi connectivity index (χ2v) is 1.24. The topological polar surface area (TPSA) is 4.36 Å². The molecule has 8 heavy (non-hydrogen) atoms. The van der Waals surface area contributed by atoms with E-state index in [9.17, 15) is 0 Å². The molecule has 50 valence electrons. The first-order chi connectivity index (χ1) is 2.91. The average Bonchev–Trinajstić information content (AvgIpc) is 1.61. The normalized spacial score (nSPS) is 5.50. The summed E-state index contributed by atoms with van der Waals surface area (Å²) in [5.74, 6) is 0. The SMILES string of the molecule is [C-]#[N+]CCCC.[Cl-].[Cl-]. The molecule has 0 heterocycles. The third-order valence-electron chi connectivity index (χ3n) is 0.623. The molecule has 0 fully saturated rings. The molecular weight excluding hydrogens is 145 g/mol. The predicted octanol–water partition coefficient (Wildman–Crippen LogP) is -4.29. The van der Waals surface area contributed by atoms with Crippen molar-refractivity contribution in [3.8, 4) is 0 Å². The van der Waals surface area contributed by atoms with Gasteiger partial charge in [-0.1, -0.05) is 6.92 Å². The van der Waals surface area contributed by atoms with Gasteiger partial charge < -0.3 is 29.7 Å². The van der Waals surface area contributed by atoms with Crippen molar-refractivity contribution >= 4 is 0 Å². The molecule has 0 amide bonds. The van der Waals surface area contributed by atoms with Gasteiger partial charge in [0.2, 0.25) is 6.54 Å². The molecule has 0 N–H and O–H groups in total. The largest absolute Gasteiger partial charge is 1.00 e. The van der Waals surface area contributed by atoms with Gasteiger partial charge in [0, 0.05) is 6.42 Å². The second kappa shape index (κ2) is 15.7. The van der Waals surface area contributed by atoms with Gasteiger partial charge in [0.15, 0.2) is 0 Å². The molecular formula is C5H9Cl2N-2. The van der Waals surface area contributed by atoms with Crippen LogP contribution in [0, 0.1) is 6.57 Å². The van der Waals surface area contributed by atoms with Gasteiger partial charge in [-0.25, -0.2) is 6.57 Å². The van der Waals surface area contributed by atoms with Crippen LogP contribution >= 0.6 is 0 Å². The lowest BCUT2D eigenvalue weighted by Crippen LogP contribution is -3.00. The van der Waals surface area contributed by atoms with Crippen LogP contribution in [0.15, 0.2) is 0 Å². The van der Waals surface area contributed by atoms with Crippen LogP contribution in [-0.4, -0.2) is 6.54 Å². The van der Waals surface area contributed by atoms with Gasteiger partial charge in [-0.15, -0.1) is 0 Å². The Bertz CT molecular complexity index is 57.9. The van der Waals surface area contributed by atoms with E-state index >= 15 is 0 Å². The highest BCUT2D eigenvalue weighted by Gasteiger charge is 1.77. The third kappa shape index (κ3) is 16.6. The monoisotopic (exact) mass is 153 g/mol. The van der Waals surface area contributed by atoms with Crippen LogP contribution in [0.1, 0.15) is 19.8 Å². The van der Waals surface area contributed by atoms with Gasteiger partial charge in [-0.2, -0.15) is 0 Å². The first-order valence-corrected chi connectivity index (χ1v) is 2.25. The molecule has 0 aliphatic heterocycles. The fourth-order valence-corrected chi connectivity index (χ4v) is 0.237. The minimum atomic E-state index is 0. The average molecular weight is 154 g/mol. The van der Waals surface area contributed by atoms with Crippen LogP contribution < -0.4 is 24.8 Å². The Labute approximate surface area is 63.1 Å². The fraction of sp³-hybridized carbons (Fsp3) is 0.800. The number of hydrogen-bond acceptors (Lipinski definition) is 0. The van der Waals surface area contributed by atoms with E-state index < -0.39 is 0 Å². The maximum Gasteiger partial charge on any atom is 0.214 e. The lowest BCUT2D eigenvalue weighted by atomic mass is 10.3. The number of nitrogens with zero attached hydrogens (tertiary/aromatic N) is 1. The summed E-state index contributed by atoms with van der Waals surface area (Å²) in [7, 11) is 0. The molecule has 0 spiro atoms. The third-order valence-corrected chi connectivity index (χ3v) is 0.623. The lowest BCUT2D eigenvalue weighted by Gasteiger charge is -1.75. The molecule has 0 atom stereocenters.